The molecule has 0 unspecified atom stereocenters. The second kappa shape index (κ2) is 9.00. The molecule has 0 aliphatic heterocycles. The number of nitrogens with two attached hydrogens (primary N) is 1. The Morgan fingerprint density at radius 3 is 2.55 bits per heavy atom. The van der Waals surface area contributed by atoms with Crippen molar-refractivity contribution in [2.45, 2.75) is 20.0 Å². The molecule has 3 rings (SSSR count). The van der Waals surface area contributed by atoms with E-state index in [1.54, 1.807) is 7.11 Å². The number of aromatic amines is 1. The number of halogens is 1. The molecule has 29 heavy (non-hydrogen) atoms. The molecule has 0 bridgehead atoms. The van der Waals surface area contributed by atoms with Gasteiger partial charge in [0.05, 0.1) is 13.7 Å². The van der Waals surface area contributed by atoms with E-state index in [4.69, 9.17) is 10.5 Å². The first-order valence-electron chi connectivity index (χ1n) is 9.18. The normalized spacial score (nSPS) is 10.7. The largest absolute Gasteiger partial charge is 0.496 e. The molecule has 0 aliphatic rings. The molecule has 0 radical (unpaired) electrons. The Bertz CT molecular complexity index is 1110. The van der Waals surface area contributed by atoms with Gasteiger partial charge in [-0.3, -0.25) is 14.3 Å². The first kappa shape index (κ1) is 20.7. The first-order valence-corrected chi connectivity index (χ1v) is 9.97. The average molecular weight is 459 g/mol. The quantitative estimate of drug-likeness (QED) is 0.567. The molecule has 8 heteroatoms. The van der Waals surface area contributed by atoms with Gasteiger partial charge in [-0.05, 0) is 30.7 Å². The van der Waals surface area contributed by atoms with E-state index in [0.29, 0.717) is 18.8 Å². The van der Waals surface area contributed by atoms with Crippen molar-refractivity contribution in [2.24, 2.45) is 0 Å². The predicted octanol–water partition coefficient (Wildman–Crippen LogP) is 2.96. The van der Waals surface area contributed by atoms with Gasteiger partial charge in [0.1, 0.15) is 17.3 Å². The summed E-state index contributed by atoms with van der Waals surface area (Å²) >= 11 is 3.47. The number of benzene rings is 2. The van der Waals surface area contributed by atoms with E-state index in [-0.39, 0.29) is 18.1 Å². The van der Waals surface area contributed by atoms with Crippen LogP contribution in [-0.4, -0.2) is 23.2 Å². The van der Waals surface area contributed by atoms with Gasteiger partial charge in [-0.1, -0.05) is 46.3 Å². The zero-order valence-electron chi connectivity index (χ0n) is 16.3. The number of hydrogen-bond acceptors (Lipinski definition) is 5. The first-order chi connectivity index (χ1) is 13.9. The van der Waals surface area contributed by atoms with Crippen LogP contribution in [0.4, 0.5) is 11.5 Å². The highest BCUT2D eigenvalue weighted by molar-refractivity contribution is 9.10. The topological polar surface area (TPSA) is 93.3 Å². The van der Waals surface area contributed by atoms with Gasteiger partial charge in [0.15, 0.2) is 0 Å². The summed E-state index contributed by atoms with van der Waals surface area (Å²) < 4.78 is 7.73. The number of nitrogens with one attached hydrogen (secondary N) is 1. The summed E-state index contributed by atoms with van der Waals surface area (Å²) in [6.45, 7) is 3.12. The van der Waals surface area contributed by atoms with Gasteiger partial charge in [-0.2, -0.15) is 0 Å². The standard InChI is InChI=1S/C21H23BrN4O3/c1-3-25(13-15-11-16(22)9-10-17(15)29-2)18-19(23)26(21(28)24-20(18)27)12-14-7-5-4-6-8-14/h4-11H,3,12-13,23H2,1-2H3,(H,24,27,28). The van der Waals surface area contributed by atoms with Gasteiger partial charge >= 0.3 is 5.69 Å². The van der Waals surface area contributed by atoms with E-state index in [0.717, 1.165) is 15.6 Å². The fourth-order valence-corrected chi connectivity index (χ4v) is 3.64. The molecule has 152 valence electrons. The lowest BCUT2D eigenvalue weighted by Gasteiger charge is -2.25. The van der Waals surface area contributed by atoms with Crippen LogP contribution in [0.3, 0.4) is 0 Å². The summed E-state index contributed by atoms with van der Waals surface area (Å²) in [4.78, 5) is 29.3. The number of anilines is 2. The van der Waals surface area contributed by atoms with Crippen LogP contribution in [0, 0.1) is 0 Å². The molecule has 0 amide bonds. The van der Waals surface area contributed by atoms with Gasteiger partial charge in [0, 0.05) is 23.1 Å². The van der Waals surface area contributed by atoms with Crippen molar-refractivity contribution in [1.29, 1.82) is 0 Å². The monoisotopic (exact) mass is 458 g/mol. The van der Waals surface area contributed by atoms with Crippen LogP contribution in [-0.2, 0) is 13.1 Å². The highest BCUT2D eigenvalue weighted by atomic mass is 79.9. The molecule has 7 nitrogen and oxygen atoms in total. The maximum Gasteiger partial charge on any atom is 0.330 e. The fourth-order valence-electron chi connectivity index (χ4n) is 3.23. The lowest BCUT2D eigenvalue weighted by atomic mass is 10.1. The fraction of sp³-hybridized carbons (Fsp3) is 0.238. The Morgan fingerprint density at radius 2 is 1.90 bits per heavy atom. The number of rotatable bonds is 7. The number of H-pyrrole nitrogens is 1. The van der Waals surface area contributed by atoms with Gasteiger partial charge in [-0.25, -0.2) is 4.79 Å². The minimum absolute atomic E-state index is 0.137. The number of hydrogen-bond donors (Lipinski definition) is 2. The summed E-state index contributed by atoms with van der Waals surface area (Å²) in [6.07, 6.45) is 0. The molecule has 3 N–H and O–H groups in total. The molecule has 0 aliphatic carbocycles. The van der Waals surface area contributed by atoms with Crippen molar-refractivity contribution >= 4 is 27.4 Å². The van der Waals surface area contributed by atoms with Crippen LogP contribution in [0.5, 0.6) is 5.75 Å². The third kappa shape index (κ3) is 4.54. The van der Waals surface area contributed by atoms with Crippen LogP contribution in [0.25, 0.3) is 0 Å². The molecule has 0 atom stereocenters. The summed E-state index contributed by atoms with van der Waals surface area (Å²) in [5.41, 5.74) is 7.36. The lowest BCUT2D eigenvalue weighted by Crippen LogP contribution is -2.38. The number of methoxy groups -OCH3 is 1. The molecule has 3 aromatic rings. The van der Waals surface area contributed by atoms with Crippen molar-refractivity contribution in [3.8, 4) is 5.75 Å². The maximum atomic E-state index is 12.6. The van der Waals surface area contributed by atoms with Crippen LogP contribution in [0.2, 0.25) is 0 Å². The zero-order chi connectivity index (χ0) is 21.0. The third-order valence-electron chi connectivity index (χ3n) is 4.70. The van der Waals surface area contributed by atoms with Crippen LogP contribution < -0.4 is 26.6 Å². The van der Waals surface area contributed by atoms with Gasteiger partial charge in [0.2, 0.25) is 0 Å². The number of ether oxygens (including phenoxy) is 1. The Morgan fingerprint density at radius 1 is 1.17 bits per heavy atom. The number of nitrogens with zero attached hydrogens (tertiary/aromatic N) is 2. The van der Waals surface area contributed by atoms with Gasteiger partial charge in [0.25, 0.3) is 5.56 Å². The Labute approximate surface area is 176 Å². The Balaban J connectivity index is 2.04. The van der Waals surface area contributed by atoms with Crippen molar-refractivity contribution in [2.75, 3.05) is 24.3 Å². The van der Waals surface area contributed by atoms with Crippen molar-refractivity contribution < 1.29 is 4.74 Å². The average Bonchev–Trinajstić information content (AvgIpc) is 2.71. The third-order valence-corrected chi connectivity index (χ3v) is 5.19. The number of aromatic nitrogens is 2. The zero-order valence-corrected chi connectivity index (χ0v) is 17.9. The van der Waals surface area contributed by atoms with Crippen LogP contribution in [0.15, 0.2) is 62.6 Å². The number of nitrogen functional groups attached to an aromatic ring is 1. The van der Waals surface area contributed by atoms with E-state index in [2.05, 4.69) is 20.9 Å². The molecule has 0 saturated heterocycles. The lowest BCUT2D eigenvalue weighted by molar-refractivity contribution is 0.409. The summed E-state index contributed by atoms with van der Waals surface area (Å²) in [7, 11) is 1.60. The van der Waals surface area contributed by atoms with Crippen molar-refractivity contribution in [3.05, 3.63) is 85.0 Å². The summed E-state index contributed by atoms with van der Waals surface area (Å²) in [5.74, 6) is 0.845. The molecular formula is C21H23BrN4O3. The van der Waals surface area contributed by atoms with Gasteiger partial charge < -0.3 is 15.4 Å². The van der Waals surface area contributed by atoms with E-state index in [1.807, 2.05) is 60.4 Å². The molecule has 0 saturated carbocycles. The molecule has 2 aromatic carbocycles. The van der Waals surface area contributed by atoms with Gasteiger partial charge in [-0.15, -0.1) is 0 Å². The van der Waals surface area contributed by atoms with Crippen molar-refractivity contribution in [1.82, 2.24) is 9.55 Å². The smallest absolute Gasteiger partial charge is 0.330 e. The molecule has 1 aromatic heterocycles. The highest BCUT2D eigenvalue weighted by Crippen LogP contribution is 2.27. The predicted molar refractivity (Wildman–Crippen MR) is 119 cm³/mol. The van der Waals surface area contributed by atoms with E-state index < -0.39 is 11.2 Å². The molecule has 0 fully saturated rings. The Kier molecular flexibility index (Phi) is 6.43. The summed E-state index contributed by atoms with van der Waals surface area (Å²) in [6, 6.07) is 15.2. The van der Waals surface area contributed by atoms with E-state index in [1.165, 1.54) is 4.57 Å². The van der Waals surface area contributed by atoms with E-state index in [9.17, 15) is 9.59 Å². The second-order valence-corrected chi connectivity index (χ2v) is 7.45. The van der Waals surface area contributed by atoms with Crippen LogP contribution >= 0.6 is 15.9 Å². The highest BCUT2D eigenvalue weighted by Gasteiger charge is 2.19. The van der Waals surface area contributed by atoms with E-state index >= 15 is 0 Å². The molecule has 1 heterocycles. The van der Waals surface area contributed by atoms with Crippen molar-refractivity contribution in [3.63, 3.8) is 0 Å². The SMILES string of the molecule is CCN(Cc1cc(Br)ccc1OC)c1c(N)n(Cc2ccccc2)c(=O)[nH]c1=O. The summed E-state index contributed by atoms with van der Waals surface area (Å²) in [5, 5.41) is 0. The van der Waals surface area contributed by atoms with Crippen LogP contribution in [0.1, 0.15) is 18.1 Å². The Hall–Kier alpha value is -3.00. The molecular weight excluding hydrogens is 436 g/mol. The minimum Gasteiger partial charge on any atom is -0.496 e. The second-order valence-electron chi connectivity index (χ2n) is 6.54. The maximum absolute atomic E-state index is 12.6. The molecule has 0 spiro atoms. The minimum atomic E-state index is -0.531.